The number of rotatable bonds is 4. The molecule has 1 N–H and O–H groups in total. The van der Waals surface area contributed by atoms with Crippen molar-refractivity contribution in [1.29, 1.82) is 0 Å². The Morgan fingerprint density at radius 3 is 2.35 bits per heavy atom. The van der Waals surface area contributed by atoms with Crippen molar-refractivity contribution >= 4 is 23.6 Å². The summed E-state index contributed by atoms with van der Waals surface area (Å²) >= 11 is 5.62. The molecule has 1 aromatic carbocycles. The average molecular weight is 379 g/mol. The van der Waals surface area contributed by atoms with Gasteiger partial charge in [-0.05, 0) is 39.2 Å². The summed E-state index contributed by atoms with van der Waals surface area (Å²) in [5.41, 5.74) is 0.816. The van der Waals surface area contributed by atoms with Crippen molar-refractivity contribution in [1.82, 2.24) is 10.2 Å². The lowest BCUT2D eigenvalue weighted by Crippen LogP contribution is -2.69. The van der Waals surface area contributed by atoms with E-state index in [1.54, 1.807) is 4.90 Å². The highest BCUT2D eigenvalue weighted by Gasteiger charge is 2.61. The Bertz CT molecular complexity index is 670. The Labute approximate surface area is 160 Å². The largest absolute Gasteiger partial charge is 0.444 e. The van der Waals surface area contributed by atoms with Crippen LogP contribution in [-0.2, 0) is 14.9 Å². The lowest BCUT2D eigenvalue weighted by atomic mass is 9.47. The number of likely N-dealkylation sites (tertiary alicyclic amines) is 1. The molecule has 2 aliphatic rings. The first-order valence-electron chi connectivity index (χ1n) is 9.03. The van der Waals surface area contributed by atoms with Crippen molar-refractivity contribution < 1.29 is 14.3 Å². The van der Waals surface area contributed by atoms with Crippen LogP contribution in [0.4, 0.5) is 4.79 Å². The Morgan fingerprint density at radius 1 is 1.19 bits per heavy atom. The van der Waals surface area contributed by atoms with Crippen molar-refractivity contribution in [2.45, 2.75) is 44.6 Å². The molecule has 0 bridgehead atoms. The number of nitrogens with zero attached hydrogens (tertiary/aromatic N) is 1. The van der Waals surface area contributed by atoms with Gasteiger partial charge in [0.1, 0.15) is 11.5 Å². The van der Waals surface area contributed by atoms with Crippen molar-refractivity contribution in [2.24, 2.45) is 5.41 Å². The van der Waals surface area contributed by atoms with Gasteiger partial charge in [-0.15, -0.1) is 11.6 Å². The second-order valence-corrected chi connectivity index (χ2v) is 9.01. The van der Waals surface area contributed by atoms with Crippen LogP contribution in [0.3, 0.4) is 0 Å². The van der Waals surface area contributed by atoms with Gasteiger partial charge in [-0.1, -0.05) is 30.3 Å². The molecule has 26 heavy (non-hydrogen) atoms. The van der Waals surface area contributed by atoms with Crippen LogP contribution in [0.2, 0.25) is 0 Å². The molecule has 2 fully saturated rings. The minimum atomic E-state index is -0.473. The molecule has 3 rings (SSSR count). The minimum Gasteiger partial charge on any atom is -0.444 e. The number of carbonyl (C=O) groups excluding carboxylic acids is 2. The fraction of sp³-hybridized carbons (Fsp3) is 0.600. The van der Waals surface area contributed by atoms with Gasteiger partial charge < -0.3 is 15.0 Å². The molecule has 1 aromatic rings. The number of alkyl halides is 1. The maximum absolute atomic E-state index is 12.2. The summed E-state index contributed by atoms with van der Waals surface area (Å²) in [7, 11) is 0. The summed E-state index contributed by atoms with van der Waals surface area (Å²) in [6, 6.07) is 10.3. The van der Waals surface area contributed by atoms with Crippen molar-refractivity contribution in [3.63, 3.8) is 0 Å². The van der Waals surface area contributed by atoms with Gasteiger partial charge in [0.05, 0.1) is 0 Å². The van der Waals surface area contributed by atoms with Crippen LogP contribution < -0.4 is 5.32 Å². The molecule has 0 atom stereocenters. The predicted molar refractivity (Wildman–Crippen MR) is 101 cm³/mol. The van der Waals surface area contributed by atoms with Crippen LogP contribution in [-0.4, -0.2) is 48.0 Å². The van der Waals surface area contributed by atoms with Crippen LogP contribution in [0.5, 0.6) is 0 Å². The van der Waals surface area contributed by atoms with E-state index in [9.17, 15) is 9.59 Å². The lowest BCUT2D eigenvalue weighted by Gasteiger charge is -2.64. The first kappa shape index (κ1) is 19.0. The molecule has 1 aliphatic heterocycles. The Kier molecular flexibility index (Phi) is 4.95. The zero-order valence-corrected chi connectivity index (χ0v) is 16.4. The first-order valence-corrected chi connectivity index (χ1v) is 9.57. The van der Waals surface area contributed by atoms with Gasteiger partial charge in [0.15, 0.2) is 0 Å². The van der Waals surface area contributed by atoms with E-state index in [4.69, 9.17) is 16.3 Å². The fourth-order valence-corrected chi connectivity index (χ4v) is 4.46. The molecule has 1 saturated heterocycles. The number of nitrogens with one attached hydrogen (secondary N) is 1. The van der Waals surface area contributed by atoms with Gasteiger partial charge >= 0.3 is 6.09 Å². The average Bonchev–Trinajstić information content (AvgIpc) is 2.51. The van der Waals surface area contributed by atoms with Crippen LogP contribution >= 0.6 is 11.6 Å². The molecule has 0 aromatic heterocycles. The van der Waals surface area contributed by atoms with E-state index in [1.165, 1.54) is 5.56 Å². The number of hydrogen-bond acceptors (Lipinski definition) is 3. The summed E-state index contributed by atoms with van der Waals surface area (Å²) in [5, 5.41) is 2.95. The zero-order valence-electron chi connectivity index (χ0n) is 15.7. The van der Waals surface area contributed by atoms with Gasteiger partial charge in [-0.3, -0.25) is 4.79 Å². The smallest absolute Gasteiger partial charge is 0.410 e. The number of halogens is 1. The third-order valence-electron chi connectivity index (χ3n) is 5.26. The summed E-state index contributed by atoms with van der Waals surface area (Å²) in [5.74, 6) is -0.172. The van der Waals surface area contributed by atoms with E-state index < -0.39 is 5.60 Å². The molecule has 1 saturated carbocycles. The Morgan fingerprint density at radius 2 is 1.81 bits per heavy atom. The summed E-state index contributed by atoms with van der Waals surface area (Å²) in [6.07, 6.45) is 1.66. The number of carbonyl (C=O) groups is 2. The molecular formula is C20H27ClN2O3. The second-order valence-electron chi connectivity index (χ2n) is 8.75. The van der Waals surface area contributed by atoms with Gasteiger partial charge in [0.2, 0.25) is 5.91 Å². The molecule has 6 heteroatoms. The molecule has 1 aliphatic carbocycles. The molecule has 2 amide bonds. The van der Waals surface area contributed by atoms with Crippen LogP contribution in [0.25, 0.3) is 0 Å². The predicted octanol–water partition coefficient (Wildman–Crippen LogP) is 3.31. The number of hydrogen-bond donors (Lipinski definition) is 1. The van der Waals surface area contributed by atoms with Gasteiger partial charge in [0.25, 0.3) is 0 Å². The lowest BCUT2D eigenvalue weighted by molar-refractivity contribution is -0.123. The van der Waals surface area contributed by atoms with Gasteiger partial charge in [0, 0.05) is 30.5 Å². The van der Waals surface area contributed by atoms with E-state index in [0.717, 1.165) is 25.9 Å². The normalized spacial score (nSPS) is 20.1. The topological polar surface area (TPSA) is 58.6 Å². The highest BCUT2D eigenvalue weighted by molar-refractivity contribution is 6.27. The fourth-order valence-electron chi connectivity index (χ4n) is 4.36. The summed E-state index contributed by atoms with van der Waals surface area (Å²) < 4.78 is 5.45. The van der Waals surface area contributed by atoms with Gasteiger partial charge in [-0.25, -0.2) is 4.79 Å². The number of ether oxygens (including phenoxy) is 1. The molecule has 0 unspecified atom stereocenters. The third-order valence-corrected chi connectivity index (χ3v) is 5.51. The molecule has 5 nitrogen and oxygen atoms in total. The SMILES string of the molecule is CC(C)(C)OC(=O)N1CC2(C1)CC(CNC(=O)CCl)(c1ccccc1)C2. The molecule has 1 spiro atoms. The second kappa shape index (κ2) is 6.76. The minimum absolute atomic E-state index is 0.0254. The third kappa shape index (κ3) is 3.83. The Balaban J connectivity index is 1.63. The summed E-state index contributed by atoms with van der Waals surface area (Å²) in [6.45, 7) is 7.66. The maximum atomic E-state index is 12.2. The van der Waals surface area contributed by atoms with E-state index in [-0.39, 0.29) is 28.7 Å². The summed E-state index contributed by atoms with van der Waals surface area (Å²) in [4.78, 5) is 25.6. The highest BCUT2D eigenvalue weighted by atomic mass is 35.5. The van der Waals surface area contributed by atoms with Crippen LogP contribution in [0.15, 0.2) is 30.3 Å². The van der Waals surface area contributed by atoms with Crippen molar-refractivity contribution in [2.75, 3.05) is 25.5 Å². The number of benzene rings is 1. The van der Waals surface area contributed by atoms with E-state index in [0.29, 0.717) is 6.54 Å². The van der Waals surface area contributed by atoms with E-state index >= 15 is 0 Å². The van der Waals surface area contributed by atoms with E-state index in [1.807, 2.05) is 39.0 Å². The van der Waals surface area contributed by atoms with Crippen LogP contribution in [0.1, 0.15) is 39.2 Å². The molecular weight excluding hydrogens is 352 g/mol. The standard InChI is InChI=1S/C20H27ClN2O3/c1-18(2,3)26-17(25)23-13-19(14-23)10-20(11-19,12-22-16(24)9-21)15-7-5-4-6-8-15/h4-8H,9-14H2,1-3H3,(H,22,24). The molecule has 0 radical (unpaired) electrons. The Hall–Kier alpha value is -1.75. The molecule has 142 valence electrons. The maximum Gasteiger partial charge on any atom is 0.410 e. The number of amides is 2. The van der Waals surface area contributed by atoms with Crippen LogP contribution in [0, 0.1) is 5.41 Å². The van der Waals surface area contributed by atoms with Gasteiger partial charge in [-0.2, -0.15) is 0 Å². The monoisotopic (exact) mass is 378 g/mol. The van der Waals surface area contributed by atoms with Crippen molar-refractivity contribution in [3.05, 3.63) is 35.9 Å². The van der Waals surface area contributed by atoms with E-state index in [2.05, 4.69) is 17.4 Å². The quantitative estimate of drug-likeness (QED) is 0.818. The highest BCUT2D eigenvalue weighted by Crippen LogP contribution is 2.59. The first-order chi connectivity index (χ1) is 12.2. The van der Waals surface area contributed by atoms with Crippen molar-refractivity contribution in [3.8, 4) is 0 Å². The molecule has 1 heterocycles. The zero-order chi connectivity index (χ0) is 19.0.